The molecule has 2 rings (SSSR count). The second kappa shape index (κ2) is 11.2. The third-order valence-corrected chi connectivity index (χ3v) is 4.05. The van der Waals surface area contributed by atoms with Gasteiger partial charge in [-0.15, -0.1) is 0 Å². The molecule has 1 amide bonds. The van der Waals surface area contributed by atoms with Crippen LogP contribution in [0, 0.1) is 0 Å². The van der Waals surface area contributed by atoms with Crippen LogP contribution in [0.2, 0.25) is 5.02 Å². The van der Waals surface area contributed by atoms with Gasteiger partial charge in [-0.25, -0.2) is 0 Å². The summed E-state index contributed by atoms with van der Waals surface area (Å²) in [5, 5.41) is 2.97. The van der Waals surface area contributed by atoms with Crippen LogP contribution in [0.25, 0.3) is 0 Å². The Morgan fingerprint density at radius 1 is 0.966 bits per heavy atom. The summed E-state index contributed by atoms with van der Waals surface area (Å²) in [4.78, 5) is 24.1. The Morgan fingerprint density at radius 3 is 2.31 bits per heavy atom. The molecule has 0 bridgehead atoms. The molecule has 0 saturated heterocycles. The van der Waals surface area contributed by atoms with Gasteiger partial charge in [0.1, 0.15) is 5.75 Å². The predicted molar refractivity (Wildman–Crippen MR) is 110 cm³/mol. The van der Waals surface area contributed by atoms with Crippen LogP contribution in [0.15, 0.2) is 36.4 Å². The Balaban J connectivity index is 1.88. The number of amides is 1. The molecule has 2 aromatic carbocycles. The first-order chi connectivity index (χ1) is 14.0. The second-order valence-corrected chi connectivity index (χ2v) is 6.29. The highest BCUT2D eigenvalue weighted by molar-refractivity contribution is 6.32. The Kier molecular flexibility index (Phi) is 8.61. The van der Waals surface area contributed by atoms with Crippen molar-refractivity contribution < 1.29 is 28.5 Å². The topological polar surface area (TPSA) is 83.1 Å². The number of ether oxygens (including phenoxy) is 4. The standard InChI is InChI=1S/C21H24ClNO6/c1-4-27-18-8-6-14(10-19(18)28-5-2)11-21(25)29-13-20(24)23-15-7-9-17(26-3)16(22)12-15/h6-10,12H,4-5,11,13H2,1-3H3,(H,23,24). The normalized spacial score (nSPS) is 10.2. The summed E-state index contributed by atoms with van der Waals surface area (Å²) in [7, 11) is 1.50. The van der Waals surface area contributed by atoms with Crippen LogP contribution in [0.3, 0.4) is 0 Å². The van der Waals surface area contributed by atoms with Crippen LogP contribution < -0.4 is 19.5 Å². The Labute approximate surface area is 174 Å². The minimum atomic E-state index is -0.528. The molecule has 0 saturated carbocycles. The minimum absolute atomic E-state index is 0.00806. The molecule has 0 heterocycles. The molecule has 156 valence electrons. The summed E-state index contributed by atoms with van der Waals surface area (Å²) in [5.74, 6) is 0.677. The van der Waals surface area contributed by atoms with Gasteiger partial charge in [0.05, 0.1) is 31.8 Å². The highest BCUT2D eigenvalue weighted by atomic mass is 35.5. The van der Waals surface area contributed by atoms with Crippen molar-refractivity contribution >= 4 is 29.2 Å². The van der Waals surface area contributed by atoms with E-state index in [1.54, 1.807) is 36.4 Å². The van der Waals surface area contributed by atoms with E-state index < -0.39 is 18.5 Å². The molecule has 0 spiro atoms. The summed E-state index contributed by atoms with van der Waals surface area (Å²) in [5.41, 5.74) is 1.17. The van der Waals surface area contributed by atoms with Gasteiger partial charge < -0.3 is 24.3 Å². The van der Waals surface area contributed by atoms with Crippen molar-refractivity contribution in [3.8, 4) is 17.2 Å². The molecule has 8 heteroatoms. The SMILES string of the molecule is CCOc1ccc(CC(=O)OCC(=O)Nc2ccc(OC)c(Cl)c2)cc1OCC. The average Bonchev–Trinajstić information content (AvgIpc) is 2.69. The van der Waals surface area contributed by atoms with E-state index in [0.717, 1.165) is 0 Å². The van der Waals surface area contributed by atoms with E-state index in [-0.39, 0.29) is 6.42 Å². The number of anilines is 1. The molecule has 2 aromatic rings. The zero-order valence-corrected chi connectivity index (χ0v) is 17.4. The fraction of sp³-hybridized carbons (Fsp3) is 0.333. The molecule has 0 aliphatic carbocycles. The van der Waals surface area contributed by atoms with Crippen molar-refractivity contribution in [3.05, 3.63) is 47.0 Å². The van der Waals surface area contributed by atoms with Gasteiger partial charge in [0, 0.05) is 5.69 Å². The van der Waals surface area contributed by atoms with Crippen LogP contribution in [0.1, 0.15) is 19.4 Å². The zero-order valence-electron chi connectivity index (χ0n) is 16.6. The van der Waals surface area contributed by atoms with Crippen molar-refractivity contribution in [1.82, 2.24) is 0 Å². The van der Waals surface area contributed by atoms with Gasteiger partial charge in [-0.1, -0.05) is 17.7 Å². The molecule has 0 radical (unpaired) electrons. The van der Waals surface area contributed by atoms with E-state index in [0.29, 0.717) is 46.7 Å². The summed E-state index contributed by atoms with van der Waals surface area (Å²) in [6, 6.07) is 10.1. The highest BCUT2D eigenvalue weighted by Crippen LogP contribution is 2.29. The number of benzene rings is 2. The average molecular weight is 422 g/mol. The largest absolute Gasteiger partial charge is 0.495 e. The second-order valence-electron chi connectivity index (χ2n) is 5.88. The van der Waals surface area contributed by atoms with Crippen LogP contribution >= 0.6 is 11.6 Å². The van der Waals surface area contributed by atoms with Gasteiger partial charge in [0.15, 0.2) is 18.1 Å². The van der Waals surface area contributed by atoms with Crippen molar-refractivity contribution in [2.75, 3.05) is 32.2 Å². The molecule has 0 unspecified atom stereocenters. The first kappa shape index (κ1) is 22.4. The highest BCUT2D eigenvalue weighted by Gasteiger charge is 2.12. The maximum absolute atomic E-state index is 12.1. The fourth-order valence-electron chi connectivity index (χ4n) is 2.51. The Bertz CT molecular complexity index is 855. The molecule has 7 nitrogen and oxygen atoms in total. The molecule has 0 fully saturated rings. The number of nitrogens with one attached hydrogen (secondary N) is 1. The van der Waals surface area contributed by atoms with Crippen molar-refractivity contribution in [2.45, 2.75) is 20.3 Å². The van der Waals surface area contributed by atoms with Gasteiger partial charge in [-0.2, -0.15) is 0 Å². The maximum atomic E-state index is 12.1. The lowest BCUT2D eigenvalue weighted by Gasteiger charge is -2.12. The van der Waals surface area contributed by atoms with E-state index in [1.807, 2.05) is 13.8 Å². The molecule has 0 aromatic heterocycles. The summed E-state index contributed by atoms with van der Waals surface area (Å²) < 4.78 is 21.1. The molecule has 1 N–H and O–H groups in total. The molecular weight excluding hydrogens is 398 g/mol. The number of hydrogen-bond acceptors (Lipinski definition) is 6. The Morgan fingerprint density at radius 2 is 1.66 bits per heavy atom. The Hall–Kier alpha value is -2.93. The molecule has 29 heavy (non-hydrogen) atoms. The zero-order chi connectivity index (χ0) is 21.2. The van der Waals surface area contributed by atoms with Crippen molar-refractivity contribution in [3.63, 3.8) is 0 Å². The van der Waals surface area contributed by atoms with E-state index >= 15 is 0 Å². The van der Waals surface area contributed by atoms with Crippen LogP contribution in [0.4, 0.5) is 5.69 Å². The maximum Gasteiger partial charge on any atom is 0.310 e. The molecule has 0 atom stereocenters. The lowest BCUT2D eigenvalue weighted by atomic mass is 10.1. The first-order valence-corrected chi connectivity index (χ1v) is 9.52. The number of esters is 1. The number of halogens is 1. The van der Waals surface area contributed by atoms with Crippen LogP contribution in [0.5, 0.6) is 17.2 Å². The first-order valence-electron chi connectivity index (χ1n) is 9.14. The van der Waals surface area contributed by atoms with Crippen LogP contribution in [-0.4, -0.2) is 38.8 Å². The number of carbonyl (C=O) groups is 2. The van der Waals surface area contributed by atoms with Gasteiger partial charge >= 0.3 is 5.97 Å². The lowest BCUT2D eigenvalue weighted by Crippen LogP contribution is -2.21. The van der Waals surface area contributed by atoms with Crippen LogP contribution in [-0.2, 0) is 20.7 Å². The number of hydrogen-bond donors (Lipinski definition) is 1. The summed E-state index contributed by atoms with van der Waals surface area (Å²) in [6.07, 6.45) is 0.00806. The fourth-order valence-corrected chi connectivity index (χ4v) is 2.77. The van der Waals surface area contributed by atoms with E-state index in [4.69, 9.17) is 30.5 Å². The number of rotatable bonds is 10. The third-order valence-electron chi connectivity index (χ3n) is 3.76. The van der Waals surface area contributed by atoms with Crippen molar-refractivity contribution in [1.29, 1.82) is 0 Å². The quantitative estimate of drug-likeness (QED) is 0.586. The van der Waals surface area contributed by atoms with E-state index in [1.165, 1.54) is 7.11 Å². The minimum Gasteiger partial charge on any atom is -0.495 e. The van der Waals surface area contributed by atoms with Gasteiger partial charge in [0.2, 0.25) is 0 Å². The molecule has 0 aliphatic rings. The van der Waals surface area contributed by atoms with E-state index in [2.05, 4.69) is 5.32 Å². The number of methoxy groups -OCH3 is 1. The smallest absolute Gasteiger partial charge is 0.310 e. The van der Waals surface area contributed by atoms with Crippen molar-refractivity contribution in [2.24, 2.45) is 0 Å². The molecule has 0 aliphatic heterocycles. The third kappa shape index (κ3) is 6.87. The van der Waals surface area contributed by atoms with Gasteiger partial charge in [0.25, 0.3) is 5.91 Å². The predicted octanol–water partition coefficient (Wildman–Crippen LogP) is 3.87. The monoisotopic (exact) mass is 421 g/mol. The lowest BCUT2D eigenvalue weighted by molar-refractivity contribution is -0.146. The van der Waals surface area contributed by atoms with Gasteiger partial charge in [-0.3, -0.25) is 9.59 Å². The number of carbonyl (C=O) groups excluding carboxylic acids is 2. The van der Waals surface area contributed by atoms with E-state index in [9.17, 15) is 9.59 Å². The van der Waals surface area contributed by atoms with Gasteiger partial charge in [-0.05, 0) is 49.7 Å². The summed E-state index contributed by atoms with van der Waals surface area (Å²) >= 11 is 6.02. The molecular formula is C21H24ClNO6. The summed E-state index contributed by atoms with van der Waals surface area (Å²) in [6.45, 7) is 4.33.